The monoisotopic (exact) mass is 241 g/mol. The van der Waals surface area contributed by atoms with Crippen LogP contribution in [0.15, 0.2) is 12.3 Å². The molecule has 88 valence electrons. The van der Waals surface area contributed by atoms with E-state index in [1.54, 1.807) is 6.20 Å². The van der Waals surface area contributed by atoms with Gasteiger partial charge in [-0.25, -0.2) is 4.98 Å². The standard InChI is InChI=1S/C11H16ClN3O/c12-11-5-10(8(6-13)7-14-11)15-9-1-3-16-4-2-9/h5,7,9H,1-4,6,13H2,(H,14,15). The summed E-state index contributed by atoms with van der Waals surface area (Å²) in [7, 11) is 0. The number of rotatable bonds is 3. The lowest BCUT2D eigenvalue weighted by atomic mass is 10.1. The first-order valence-corrected chi connectivity index (χ1v) is 5.86. The molecule has 1 aromatic heterocycles. The van der Waals surface area contributed by atoms with Gasteiger partial charge < -0.3 is 15.8 Å². The first kappa shape index (κ1) is 11.6. The van der Waals surface area contributed by atoms with Crippen molar-refractivity contribution in [2.24, 2.45) is 5.73 Å². The van der Waals surface area contributed by atoms with Crippen LogP contribution in [0, 0.1) is 0 Å². The maximum absolute atomic E-state index is 5.87. The third kappa shape index (κ3) is 2.84. The summed E-state index contributed by atoms with van der Waals surface area (Å²) in [6.07, 6.45) is 3.76. The van der Waals surface area contributed by atoms with E-state index < -0.39 is 0 Å². The number of halogens is 1. The van der Waals surface area contributed by atoms with Crippen LogP contribution in [0.5, 0.6) is 0 Å². The van der Waals surface area contributed by atoms with E-state index in [2.05, 4.69) is 10.3 Å². The van der Waals surface area contributed by atoms with Gasteiger partial charge >= 0.3 is 0 Å². The first-order chi connectivity index (χ1) is 7.79. The quantitative estimate of drug-likeness (QED) is 0.792. The molecule has 0 spiro atoms. The summed E-state index contributed by atoms with van der Waals surface area (Å²) in [5.74, 6) is 0. The fourth-order valence-corrected chi connectivity index (χ4v) is 1.97. The SMILES string of the molecule is NCc1cnc(Cl)cc1NC1CCOCC1. The summed E-state index contributed by atoms with van der Waals surface area (Å²) in [5, 5.41) is 3.95. The van der Waals surface area contributed by atoms with Crippen LogP contribution in [0.3, 0.4) is 0 Å². The molecular formula is C11H16ClN3O. The van der Waals surface area contributed by atoms with Gasteiger partial charge in [-0.1, -0.05) is 11.6 Å². The van der Waals surface area contributed by atoms with Crippen LogP contribution in [-0.2, 0) is 11.3 Å². The molecule has 16 heavy (non-hydrogen) atoms. The second-order valence-corrected chi connectivity index (χ2v) is 4.29. The van der Waals surface area contributed by atoms with E-state index in [1.165, 1.54) is 0 Å². The molecule has 0 bridgehead atoms. The maximum Gasteiger partial charge on any atom is 0.131 e. The Balaban J connectivity index is 2.09. The number of nitrogens with two attached hydrogens (primary N) is 1. The molecule has 1 saturated heterocycles. The van der Waals surface area contributed by atoms with Crippen molar-refractivity contribution in [2.45, 2.75) is 25.4 Å². The van der Waals surface area contributed by atoms with E-state index in [4.69, 9.17) is 22.1 Å². The van der Waals surface area contributed by atoms with Crippen molar-refractivity contribution in [3.63, 3.8) is 0 Å². The summed E-state index contributed by atoms with van der Waals surface area (Å²) < 4.78 is 5.31. The zero-order chi connectivity index (χ0) is 11.4. The number of nitrogens with one attached hydrogen (secondary N) is 1. The van der Waals surface area contributed by atoms with Crippen LogP contribution in [0.25, 0.3) is 0 Å². The molecule has 1 fully saturated rings. The Morgan fingerprint density at radius 2 is 2.25 bits per heavy atom. The lowest BCUT2D eigenvalue weighted by Crippen LogP contribution is -2.28. The van der Waals surface area contributed by atoms with Gasteiger partial charge in [0.25, 0.3) is 0 Å². The average Bonchev–Trinajstić information content (AvgIpc) is 2.31. The zero-order valence-electron chi connectivity index (χ0n) is 9.08. The molecule has 0 amide bonds. The van der Waals surface area contributed by atoms with Crippen molar-refractivity contribution in [2.75, 3.05) is 18.5 Å². The Bertz CT molecular complexity index is 353. The minimum absolute atomic E-state index is 0.442. The van der Waals surface area contributed by atoms with Gasteiger partial charge in [-0.3, -0.25) is 0 Å². The second kappa shape index (κ2) is 5.48. The zero-order valence-corrected chi connectivity index (χ0v) is 9.83. The molecule has 0 unspecified atom stereocenters. The van der Waals surface area contributed by atoms with Crippen LogP contribution >= 0.6 is 11.6 Å². The van der Waals surface area contributed by atoms with E-state index in [-0.39, 0.29) is 0 Å². The summed E-state index contributed by atoms with van der Waals surface area (Å²) >= 11 is 5.87. The van der Waals surface area contributed by atoms with Crippen molar-refractivity contribution in [3.05, 3.63) is 23.0 Å². The van der Waals surface area contributed by atoms with Crippen molar-refractivity contribution in [1.29, 1.82) is 0 Å². The van der Waals surface area contributed by atoms with Gasteiger partial charge in [0.1, 0.15) is 5.15 Å². The fraction of sp³-hybridized carbons (Fsp3) is 0.545. The average molecular weight is 242 g/mol. The van der Waals surface area contributed by atoms with Crippen LogP contribution < -0.4 is 11.1 Å². The number of hydrogen-bond acceptors (Lipinski definition) is 4. The van der Waals surface area contributed by atoms with Gasteiger partial charge in [-0.15, -0.1) is 0 Å². The molecule has 0 radical (unpaired) electrons. The summed E-state index contributed by atoms with van der Waals surface area (Å²) in [6.45, 7) is 2.10. The van der Waals surface area contributed by atoms with Crippen molar-refractivity contribution < 1.29 is 4.74 Å². The van der Waals surface area contributed by atoms with Crippen LogP contribution in [-0.4, -0.2) is 24.2 Å². The summed E-state index contributed by atoms with van der Waals surface area (Å²) in [4.78, 5) is 4.02. The maximum atomic E-state index is 5.87. The second-order valence-electron chi connectivity index (χ2n) is 3.90. The fourth-order valence-electron chi connectivity index (χ4n) is 1.82. The predicted octanol–water partition coefficient (Wildman–Crippen LogP) is 1.78. The number of ether oxygens (including phenoxy) is 1. The van der Waals surface area contributed by atoms with Crippen molar-refractivity contribution in [3.8, 4) is 0 Å². The van der Waals surface area contributed by atoms with Gasteiger partial charge in [0.2, 0.25) is 0 Å². The summed E-state index contributed by atoms with van der Waals surface area (Å²) in [6, 6.07) is 2.27. The smallest absolute Gasteiger partial charge is 0.131 e. The molecule has 3 N–H and O–H groups in total. The molecule has 5 heteroatoms. The van der Waals surface area contributed by atoms with Gasteiger partial charge in [0.15, 0.2) is 0 Å². The lowest BCUT2D eigenvalue weighted by molar-refractivity contribution is 0.0904. The molecule has 1 aliphatic heterocycles. The Hall–Kier alpha value is -0.840. The third-order valence-corrected chi connectivity index (χ3v) is 2.96. The van der Waals surface area contributed by atoms with Gasteiger partial charge in [-0.05, 0) is 18.9 Å². The third-order valence-electron chi connectivity index (χ3n) is 2.75. The lowest BCUT2D eigenvalue weighted by Gasteiger charge is -2.25. The molecular weight excluding hydrogens is 226 g/mol. The molecule has 4 nitrogen and oxygen atoms in total. The molecule has 2 rings (SSSR count). The van der Waals surface area contributed by atoms with E-state index in [0.717, 1.165) is 37.3 Å². The Morgan fingerprint density at radius 3 is 2.94 bits per heavy atom. The molecule has 1 aromatic rings. The van der Waals surface area contributed by atoms with Gasteiger partial charge in [0, 0.05) is 43.2 Å². The van der Waals surface area contributed by atoms with Crippen LogP contribution in [0.2, 0.25) is 5.15 Å². The molecule has 0 atom stereocenters. The van der Waals surface area contributed by atoms with Crippen LogP contribution in [0.4, 0.5) is 5.69 Å². The normalized spacial score (nSPS) is 17.4. The Labute approximate surface area is 100 Å². The van der Waals surface area contributed by atoms with E-state index >= 15 is 0 Å². The van der Waals surface area contributed by atoms with Gasteiger partial charge in [0.05, 0.1) is 0 Å². The Morgan fingerprint density at radius 1 is 1.50 bits per heavy atom. The summed E-state index contributed by atoms with van der Waals surface area (Å²) in [5.41, 5.74) is 7.65. The largest absolute Gasteiger partial charge is 0.382 e. The molecule has 0 saturated carbocycles. The van der Waals surface area contributed by atoms with E-state index in [1.807, 2.05) is 6.07 Å². The first-order valence-electron chi connectivity index (χ1n) is 5.48. The van der Waals surface area contributed by atoms with E-state index in [0.29, 0.717) is 17.7 Å². The van der Waals surface area contributed by atoms with E-state index in [9.17, 15) is 0 Å². The van der Waals surface area contributed by atoms with Crippen LogP contribution in [0.1, 0.15) is 18.4 Å². The highest BCUT2D eigenvalue weighted by molar-refractivity contribution is 6.29. The number of pyridine rings is 1. The number of hydrogen-bond donors (Lipinski definition) is 2. The minimum atomic E-state index is 0.442. The highest BCUT2D eigenvalue weighted by Gasteiger charge is 2.14. The molecule has 0 aliphatic carbocycles. The molecule has 2 heterocycles. The topological polar surface area (TPSA) is 60.2 Å². The number of anilines is 1. The number of aromatic nitrogens is 1. The van der Waals surface area contributed by atoms with Crippen molar-refractivity contribution >= 4 is 17.3 Å². The Kier molecular flexibility index (Phi) is 3.98. The highest BCUT2D eigenvalue weighted by atomic mass is 35.5. The minimum Gasteiger partial charge on any atom is -0.382 e. The molecule has 1 aliphatic rings. The number of nitrogens with zero attached hydrogens (tertiary/aromatic N) is 1. The highest BCUT2D eigenvalue weighted by Crippen LogP contribution is 2.21. The predicted molar refractivity (Wildman–Crippen MR) is 64.6 cm³/mol. The van der Waals surface area contributed by atoms with Crippen molar-refractivity contribution in [1.82, 2.24) is 4.98 Å². The molecule has 0 aromatic carbocycles. The van der Waals surface area contributed by atoms with Gasteiger partial charge in [-0.2, -0.15) is 0 Å².